The second-order valence-corrected chi connectivity index (χ2v) is 6.10. The number of likely N-dealkylation sites (tertiary alicyclic amines) is 1. The van der Waals surface area contributed by atoms with Gasteiger partial charge in [-0.3, -0.25) is 4.90 Å². The van der Waals surface area contributed by atoms with Gasteiger partial charge in [0, 0.05) is 19.1 Å². The number of hydrogen-bond acceptors (Lipinski definition) is 4. The molecule has 0 spiro atoms. The molecule has 0 amide bonds. The summed E-state index contributed by atoms with van der Waals surface area (Å²) in [5.74, 6) is 2.38. The van der Waals surface area contributed by atoms with Crippen LogP contribution in [0, 0.1) is 13.8 Å². The summed E-state index contributed by atoms with van der Waals surface area (Å²) in [6.45, 7) is 12.8. The van der Waals surface area contributed by atoms with E-state index in [1.807, 2.05) is 13.8 Å². The third kappa shape index (κ3) is 5.23. The predicted octanol–water partition coefficient (Wildman–Crippen LogP) is 2.22. The highest BCUT2D eigenvalue weighted by Gasteiger charge is 2.20. The third-order valence-corrected chi connectivity index (χ3v) is 4.45. The second kappa shape index (κ2) is 8.91. The first-order valence-electron chi connectivity index (χ1n) is 8.83. The lowest BCUT2D eigenvalue weighted by Crippen LogP contribution is -2.49. The molecule has 1 aromatic heterocycles. The molecule has 1 fully saturated rings. The van der Waals surface area contributed by atoms with E-state index in [0.717, 1.165) is 37.0 Å². The highest BCUT2D eigenvalue weighted by atomic mass is 16.4. The zero-order valence-corrected chi connectivity index (χ0v) is 15.0. The van der Waals surface area contributed by atoms with Crippen LogP contribution in [0.3, 0.4) is 0 Å². The molecule has 0 saturated carbocycles. The Hall–Kier alpha value is -1.56. The normalized spacial score (nSPS) is 19.8. The molecule has 2 heterocycles. The molecule has 1 saturated heterocycles. The van der Waals surface area contributed by atoms with Crippen molar-refractivity contribution in [3.05, 3.63) is 17.3 Å². The Morgan fingerprint density at radius 3 is 2.78 bits per heavy atom. The van der Waals surface area contributed by atoms with Crippen molar-refractivity contribution in [3.63, 3.8) is 0 Å². The van der Waals surface area contributed by atoms with Gasteiger partial charge in [0.05, 0.1) is 5.69 Å². The molecule has 1 unspecified atom stereocenters. The maximum absolute atomic E-state index is 5.59. The average Bonchev–Trinajstić information content (AvgIpc) is 2.88. The van der Waals surface area contributed by atoms with E-state index in [-0.39, 0.29) is 0 Å². The molecule has 1 aromatic rings. The van der Waals surface area contributed by atoms with Gasteiger partial charge in [0.2, 0.25) is 5.89 Å². The van der Waals surface area contributed by atoms with Gasteiger partial charge in [-0.2, -0.15) is 0 Å². The van der Waals surface area contributed by atoms with Crippen LogP contribution in [0.25, 0.3) is 0 Å². The molecule has 1 aliphatic rings. The summed E-state index contributed by atoms with van der Waals surface area (Å²) in [5, 5.41) is 6.77. The van der Waals surface area contributed by atoms with Gasteiger partial charge in [0.1, 0.15) is 12.3 Å². The van der Waals surface area contributed by atoms with Crippen LogP contribution in [0.2, 0.25) is 0 Å². The molecule has 0 bridgehead atoms. The summed E-state index contributed by atoms with van der Waals surface area (Å²) >= 11 is 0. The summed E-state index contributed by atoms with van der Waals surface area (Å²) in [5.41, 5.74) is 0.939. The molecule has 2 rings (SSSR count). The Morgan fingerprint density at radius 2 is 2.13 bits per heavy atom. The van der Waals surface area contributed by atoms with Gasteiger partial charge in [0.25, 0.3) is 0 Å². The molecule has 0 aliphatic carbocycles. The molecule has 1 atom stereocenters. The number of guanidine groups is 1. The van der Waals surface area contributed by atoms with Crippen molar-refractivity contribution in [2.24, 2.45) is 4.99 Å². The number of nitrogens with zero attached hydrogens (tertiary/aromatic N) is 3. The standard InChI is InChI=1S/C17H31N5O/c1-5-18-17(20-12-16-21-13(3)14(4)23-16)19-11-15-9-7-8-10-22(15)6-2/h15H,5-12H2,1-4H3,(H2,18,19,20). The van der Waals surface area contributed by atoms with Crippen LogP contribution < -0.4 is 10.6 Å². The number of aliphatic imine (C=N–C) groups is 1. The third-order valence-electron chi connectivity index (χ3n) is 4.45. The number of oxazole rings is 1. The van der Waals surface area contributed by atoms with Crippen LogP contribution in [0.5, 0.6) is 0 Å². The van der Waals surface area contributed by atoms with Gasteiger partial charge in [-0.15, -0.1) is 0 Å². The summed E-state index contributed by atoms with van der Waals surface area (Å²) < 4.78 is 5.59. The van der Waals surface area contributed by atoms with Gasteiger partial charge >= 0.3 is 0 Å². The zero-order chi connectivity index (χ0) is 16.7. The van der Waals surface area contributed by atoms with E-state index >= 15 is 0 Å². The van der Waals surface area contributed by atoms with Gasteiger partial charge in [-0.05, 0) is 46.7 Å². The fraction of sp³-hybridized carbons (Fsp3) is 0.765. The van der Waals surface area contributed by atoms with E-state index < -0.39 is 0 Å². The topological polar surface area (TPSA) is 65.7 Å². The predicted molar refractivity (Wildman–Crippen MR) is 93.7 cm³/mol. The Labute approximate surface area is 139 Å². The maximum Gasteiger partial charge on any atom is 0.216 e. The van der Waals surface area contributed by atoms with E-state index in [1.54, 1.807) is 0 Å². The molecule has 6 heteroatoms. The summed E-state index contributed by atoms with van der Waals surface area (Å²) in [6.07, 6.45) is 3.91. The molecule has 6 nitrogen and oxygen atoms in total. The van der Waals surface area contributed by atoms with Gasteiger partial charge in [0.15, 0.2) is 5.96 Å². The molecular formula is C17H31N5O. The number of likely N-dealkylation sites (N-methyl/N-ethyl adjacent to an activating group) is 1. The first-order valence-corrected chi connectivity index (χ1v) is 8.83. The van der Waals surface area contributed by atoms with Crippen LogP contribution in [0.1, 0.15) is 50.5 Å². The van der Waals surface area contributed by atoms with Crippen molar-refractivity contribution in [3.8, 4) is 0 Å². The lowest BCUT2D eigenvalue weighted by Gasteiger charge is -2.35. The van der Waals surface area contributed by atoms with Crippen LogP contribution in [-0.2, 0) is 6.54 Å². The molecule has 0 radical (unpaired) electrons. The number of piperidine rings is 1. The highest BCUT2D eigenvalue weighted by Crippen LogP contribution is 2.15. The van der Waals surface area contributed by atoms with Crippen LogP contribution in [0.4, 0.5) is 0 Å². The molecule has 0 aromatic carbocycles. The number of aromatic nitrogens is 1. The minimum absolute atomic E-state index is 0.464. The summed E-state index contributed by atoms with van der Waals surface area (Å²) in [7, 11) is 0. The minimum atomic E-state index is 0.464. The summed E-state index contributed by atoms with van der Waals surface area (Å²) in [6, 6.07) is 0.601. The van der Waals surface area contributed by atoms with E-state index in [4.69, 9.17) is 4.42 Å². The number of nitrogens with one attached hydrogen (secondary N) is 2. The Kier molecular flexibility index (Phi) is 6.89. The van der Waals surface area contributed by atoms with Crippen LogP contribution in [-0.4, -0.2) is 48.1 Å². The smallest absolute Gasteiger partial charge is 0.216 e. The number of aryl methyl sites for hydroxylation is 2. The average molecular weight is 321 g/mol. The molecule has 130 valence electrons. The van der Waals surface area contributed by atoms with E-state index in [1.165, 1.54) is 25.8 Å². The molecule has 2 N–H and O–H groups in total. The molecule has 1 aliphatic heterocycles. The van der Waals surface area contributed by atoms with Gasteiger partial charge < -0.3 is 15.1 Å². The lowest BCUT2D eigenvalue weighted by atomic mass is 10.0. The second-order valence-electron chi connectivity index (χ2n) is 6.10. The summed E-state index contributed by atoms with van der Waals surface area (Å²) in [4.78, 5) is 11.5. The van der Waals surface area contributed by atoms with Crippen LogP contribution >= 0.6 is 0 Å². The molecular weight excluding hydrogens is 290 g/mol. The van der Waals surface area contributed by atoms with E-state index in [2.05, 4.69) is 39.4 Å². The van der Waals surface area contributed by atoms with Crippen molar-refractivity contribution in [1.82, 2.24) is 20.5 Å². The molecule has 23 heavy (non-hydrogen) atoms. The van der Waals surface area contributed by atoms with Crippen LogP contribution in [0.15, 0.2) is 9.41 Å². The van der Waals surface area contributed by atoms with E-state index in [0.29, 0.717) is 18.5 Å². The Morgan fingerprint density at radius 1 is 1.30 bits per heavy atom. The van der Waals surface area contributed by atoms with Crippen molar-refractivity contribution >= 4 is 5.96 Å². The van der Waals surface area contributed by atoms with Crippen molar-refractivity contribution in [2.75, 3.05) is 26.2 Å². The number of rotatable bonds is 6. The monoisotopic (exact) mass is 321 g/mol. The van der Waals surface area contributed by atoms with Crippen molar-refractivity contribution in [2.45, 2.75) is 59.5 Å². The zero-order valence-electron chi connectivity index (χ0n) is 15.0. The fourth-order valence-electron chi connectivity index (χ4n) is 3.02. The number of hydrogen-bond donors (Lipinski definition) is 2. The van der Waals surface area contributed by atoms with Gasteiger partial charge in [-0.25, -0.2) is 9.98 Å². The quantitative estimate of drug-likeness (QED) is 0.621. The van der Waals surface area contributed by atoms with Crippen molar-refractivity contribution in [1.29, 1.82) is 0 Å². The van der Waals surface area contributed by atoms with Crippen molar-refractivity contribution < 1.29 is 4.42 Å². The highest BCUT2D eigenvalue weighted by molar-refractivity contribution is 5.79. The minimum Gasteiger partial charge on any atom is -0.444 e. The SMILES string of the molecule is CCNC(=NCc1nc(C)c(C)o1)NCC1CCCCN1CC. The maximum atomic E-state index is 5.59. The first-order chi connectivity index (χ1) is 11.1. The Bertz CT molecular complexity index is 492. The first kappa shape index (κ1) is 17.8. The Balaban J connectivity index is 1.90. The largest absolute Gasteiger partial charge is 0.444 e. The fourth-order valence-corrected chi connectivity index (χ4v) is 3.02. The lowest BCUT2D eigenvalue weighted by molar-refractivity contribution is 0.157. The van der Waals surface area contributed by atoms with Gasteiger partial charge in [-0.1, -0.05) is 13.3 Å². The van der Waals surface area contributed by atoms with E-state index in [9.17, 15) is 0 Å².